The predicted molar refractivity (Wildman–Crippen MR) is 80.0 cm³/mol. The minimum Gasteiger partial charge on any atom is -0.378 e. The third-order valence-electron chi connectivity index (χ3n) is 3.02. The molecule has 0 saturated heterocycles. The summed E-state index contributed by atoms with van der Waals surface area (Å²) in [5, 5.41) is 9.01. The van der Waals surface area contributed by atoms with Gasteiger partial charge in [0.05, 0.1) is 20.0 Å². The molecule has 2 rings (SSSR count). The van der Waals surface area contributed by atoms with E-state index in [9.17, 15) is 0 Å². The van der Waals surface area contributed by atoms with Crippen molar-refractivity contribution in [1.82, 2.24) is 9.78 Å². The SMILES string of the molecule is Cn1cc(NCc2ccc([Si](C)(C)C)cc2)cn1. The molecule has 96 valence electrons. The maximum atomic E-state index is 4.14. The quantitative estimate of drug-likeness (QED) is 0.855. The summed E-state index contributed by atoms with van der Waals surface area (Å²) >= 11 is 0. The lowest BCUT2D eigenvalue weighted by molar-refractivity contribution is 0.768. The second kappa shape index (κ2) is 4.98. The van der Waals surface area contributed by atoms with Crippen molar-refractivity contribution in [1.29, 1.82) is 0 Å². The molecule has 3 nitrogen and oxygen atoms in total. The van der Waals surface area contributed by atoms with Crippen molar-refractivity contribution < 1.29 is 0 Å². The highest BCUT2D eigenvalue weighted by Gasteiger charge is 2.15. The van der Waals surface area contributed by atoms with Gasteiger partial charge in [0, 0.05) is 19.8 Å². The first-order valence-corrected chi connectivity index (χ1v) is 9.77. The monoisotopic (exact) mass is 259 g/mol. The fourth-order valence-electron chi connectivity index (χ4n) is 1.84. The summed E-state index contributed by atoms with van der Waals surface area (Å²) in [6.45, 7) is 7.96. The number of nitrogens with one attached hydrogen (secondary N) is 1. The number of rotatable bonds is 4. The first-order chi connectivity index (χ1) is 8.45. The molecule has 0 aliphatic heterocycles. The topological polar surface area (TPSA) is 29.9 Å². The standard InChI is InChI=1S/C14H21N3Si/c1-17-11-13(10-16-17)15-9-12-5-7-14(8-6-12)18(2,3)4/h5-8,10-11,15H,9H2,1-4H3. The van der Waals surface area contributed by atoms with E-state index in [-0.39, 0.29) is 0 Å². The Labute approximate surface area is 110 Å². The van der Waals surface area contributed by atoms with Gasteiger partial charge in [0.15, 0.2) is 0 Å². The van der Waals surface area contributed by atoms with Crippen molar-refractivity contribution in [3.63, 3.8) is 0 Å². The summed E-state index contributed by atoms with van der Waals surface area (Å²) in [4.78, 5) is 0. The second-order valence-electron chi connectivity index (χ2n) is 5.70. The van der Waals surface area contributed by atoms with E-state index in [1.54, 1.807) is 4.68 Å². The molecule has 1 aromatic heterocycles. The highest BCUT2D eigenvalue weighted by atomic mass is 28.3. The molecule has 0 radical (unpaired) electrons. The summed E-state index contributed by atoms with van der Waals surface area (Å²) in [5.41, 5.74) is 2.37. The lowest BCUT2D eigenvalue weighted by Gasteiger charge is -2.16. The molecule has 1 heterocycles. The van der Waals surface area contributed by atoms with Crippen LogP contribution in [-0.2, 0) is 13.6 Å². The molecule has 0 fully saturated rings. The zero-order chi connectivity index (χ0) is 13.2. The molecule has 0 atom stereocenters. The molecular formula is C14H21N3Si. The Bertz CT molecular complexity index is 509. The Balaban J connectivity index is 1.98. The average molecular weight is 259 g/mol. The molecule has 0 spiro atoms. The van der Waals surface area contributed by atoms with E-state index in [0.29, 0.717) is 0 Å². The van der Waals surface area contributed by atoms with E-state index in [1.165, 1.54) is 10.8 Å². The summed E-state index contributed by atoms with van der Waals surface area (Å²) in [5.74, 6) is 0. The van der Waals surface area contributed by atoms with Gasteiger partial charge in [-0.25, -0.2) is 0 Å². The highest BCUT2D eigenvalue weighted by Crippen LogP contribution is 2.08. The largest absolute Gasteiger partial charge is 0.378 e. The summed E-state index contributed by atoms with van der Waals surface area (Å²) in [6, 6.07) is 8.98. The second-order valence-corrected chi connectivity index (χ2v) is 10.8. The van der Waals surface area contributed by atoms with E-state index in [1.807, 2.05) is 19.4 Å². The van der Waals surface area contributed by atoms with E-state index in [2.05, 4.69) is 54.3 Å². The molecular weight excluding hydrogens is 238 g/mol. The van der Waals surface area contributed by atoms with Crippen LogP contribution in [0.5, 0.6) is 0 Å². The van der Waals surface area contributed by atoms with Gasteiger partial charge in [0.25, 0.3) is 0 Å². The molecule has 0 saturated carbocycles. The molecule has 2 aromatic rings. The van der Waals surface area contributed by atoms with Crippen LogP contribution in [0.4, 0.5) is 5.69 Å². The van der Waals surface area contributed by atoms with Crippen LogP contribution in [-0.4, -0.2) is 17.9 Å². The van der Waals surface area contributed by atoms with E-state index >= 15 is 0 Å². The molecule has 0 aliphatic rings. The molecule has 0 amide bonds. The normalized spacial score (nSPS) is 11.6. The van der Waals surface area contributed by atoms with Crippen LogP contribution < -0.4 is 10.5 Å². The lowest BCUT2D eigenvalue weighted by atomic mass is 10.2. The summed E-state index contributed by atoms with van der Waals surface area (Å²) in [7, 11) is 0.751. The van der Waals surface area contributed by atoms with Gasteiger partial charge in [-0.3, -0.25) is 4.68 Å². The number of hydrogen-bond acceptors (Lipinski definition) is 2. The number of benzene rings is 1. The first kappa shape index (κ1) is 12.9. The van der Waals surface area contributed by atoms with Gasteiger partial charge < -0.3 is 5.32 Å². The van der Waals surface area contributed by atoms with Crippen LogP contribution >= 0.6 is 0 Å². The van der Waals surface area contributed by atoms with Crippen LogP contribution in [0.2, 0.25) is 19.6 Å². The number of nitrogens with zero attached hydrogens (tertiary/aromatic N) is 2. The minimum atomic E-state index is -1.17. The van der Waals surface area contributed by atoms with Gasteiger partial charge >= 0.3 is 0 Å². The molecule has 18 heavy (non-hydrogen) atoms. The van der Waals surface area contributed by atoms with Crippen molar-refractivity contribution in [2.45, 2.75) is 26.2 Å². The molecule has 1 N–H and O–H groups in total. The van der Waals surface area contributed by atoms with Gasteiger partial charge in [-0.15, -0.1) is 0 Å². The number of hydrogen-bond donors (Lipinski definition) is 1. The van der Waals surface area contributed by atoms with Crippen LogP contribution in [0.3, 0.4) is 0 Å². The molecule has 0 bridgehead atoms. The molecule has 1 aromatic carbocycles. The molecule has 0 unspecified atom stereocenters. The summed E-state index contributed by atoms with van der Waals surface area (Å²) < 4.78 is 1.80. The zero-order valence-corrected chi connectivity index (χ0v) is 12.6. The van der Waals surface area contributed by atoms with Crippen LogP contribution in [0.15, 0.2) is 36.7 Å². The molecule has 0 aliphatic carbocycles. The fourth-order valence-corrected chi connectivity index (χ4v) is 3.01. The number of aromatic nitrogens is 2. The number of aryl methyl sites for hydroxylation is 1. The van der Waals surface area contributed by atoms with Crippen molar-refractivity contribution >= 4 is 18.9 Å². The average Bonchev–Trinajstić information content (AvgIpc) is 2.72. The van der Waals surface area contributed by atoms with Crippen molar-refractivity contribution in [3.05, 3.63) is 42.2 Å². The summed E-state index contributed by atoms with van der Waals surface area (Å²) in [6.07, 6.45) is 3.83. The van der Waals surface area contributed by atoms with Crippen LogP contribution in [0, 0.1) is 0 Å². The van der Waals surface area contributed by atoms with Crippen LogP contribution in [0.25, 0.3) is 0 Å². The van der Waals surface area contributed by atoms with Crippen molar-refractivity contribution in [2.24, 2.45) is 7.05 Å². The van der Waals surface area contributed by atoms with Gasteiger partial charge in [-0.05, 0) is 5.56 Å². The number of anilines is 1. The molecule has 4 heteroatoms. The smallest absolute Gasteiger partial charge is 0.0775 e. The Morgan fingerprint density at radius 1 is 1.17 bits per heavy atom. The fraction of sp³-hybridized carbons (Fsp3) is 0.357. The first-order valence-electron chi connectivity index (χ1n) is 6.27. The Morgan fingerprint density at radius 3 is 2.33 bits per heavy atom. The van der Waals surface area contributed by atoms with E-state index in [4.69, 9.17) is 0 Å². The van der Waals surface area contributed by atoms with Gasteiger partial charge in [0.1, 0.15) is 0 Å². The van der Waals surface area contributed by atoms with Gasteiger partial charge in [0.2, 0.25) is 0 Å². The Morgan fingerprint density at radius 2 is 1.83 bits per heavy atom. The van der Waals surface area contributed by atoms with E-state index in [0.717, 1.165) is 12.2 Å². The minimum absolute atomic E-state index is 0.845. The van der Waals surface area contributed by atoms with Crippen molar-refractivity contribution in [3.8, 4) is 0 Å². The van der Waals surface area contributed by atoms with Gasteiger partial charge in [-0.1, -0.05) is 49.1 Å². The third kappa shape index (κ3) is 3.23. The Hall–Kier alpha value is -1.55. The highest BCUT2D eigenvalue weighted by molar-refractivity contribution is 6.88. The van der Waals surface area contributed by atoms with Crippen LogP contribution in [0.1, 0.15) is 5.56 Å². The van der Waals surface area contributed by atoms with Gasteiger partial charge in [-0.2, -0.15) is 5.10 Å². The maximum Gasteiger partial charge on any atom is 0.0775 e. The lowest BCUT2D eigenvalue weighted by Crippen LogP contribution is -2.37. The van der Waals surface area contributed by atoms with Crippen molar-refractivity contribution in [2.75, 3.05) is 5.32 Å². The zero-order valence-electron chi connectivity index (χ0n) is 11.6. The van der Waals surface area contributed by atoms with E-state index < -0.39 is 8.07 Å². The maximum absolute atomic E-state index is 4.14. The Kier molecular flexibility index (Phi) is 3.57. The predicted octanol–water partition coefficient (Wildman–Crippen LogP) is 2.58. The third-order valence-corrected chi connectivity index (χ3v) is 5.09.